The third-order valence-electron chi connectivity index (χ3n) is 2.49. The van der Waals surface area contributed by atoms with Gasteiger partial charge in [-0.3, -0.25) is 0 Å². The molecule has 0 aromatic heterocycles. The molecule has 0 bridgehead atoms. The minimum absolute atomic E-state index is 0.187. The number of hydrogen-bond donors (Lipinski definition) is 1. The molecule has 0 aliphatic rings. The Kier molecular flexibility index (Phi) is 4.50. The second kappa shape index (κ2) is 6.12. The third-order valence-corrected chi connectivity index (χ3v) is 3.58. The van der Waals surface area contributed by atoms with Crippen molar-refractivity contribution in [2.45, 2.75) is 11.0 Å². The van der Waals surface area contributed by atoms with Gasteiger partial charge in [-0.25, -0.2) is 13.2 Å². The van der Waals surface area contributed by atoms with E-state index in [-0.39, 0.29) is 17.1 Å². The van der Waals surface area contributed by atoms with Crippen LogP contribution in [0.25, 0.3) is 0 Å². The van der Waals surface area contributed by atoms with Crippen molar-refractivity contribution < 1.29 is 18.3 Å². The van der Waals surface area contributed by atoms with Crippen LogP contribution >= 0.6 is 11.8 Å². The summed E-state index contributed by atoms with van der Waals surface area (Å²) in [6, 6.07) is 8.74. The summed E-state index contributed by atoms with van der Waals surface area (Å²) < 4.78 is 38.7. The van der Waals surface area contributed by atoms with E-state index < -0.39 is 17.7 Å². The number of thioether (sulfide) groups is 1. The van der Waals surface area contributed by atoms with E-state index in [1.807, 2.05) is 0 Å². The summed E-state index contributed by atoms with van der Waals surface area (Å²) in [4.78, 5) is 0.775. The predicted octanol–water partition coefficient (Wildman–Crippen LogP) is 3.93. The second-order valence-corrected chi connectivity index (χ2v) is 5.08. The van der Waals surface area contributed by atoms with E-state index in [0.29, 0.717) is 0 Å². The average Bonchev–Trinajstić information content (AvgIpc) is 2.36. The maximum atomic E-state index is 13.0. The smallest absolute Gasteiger partial charge is 0.126 e. The molecule has 2 aromatic rings. The molecule has 0 fully saturated rings. The highest BCUT2D eigenvalue weighted by atomic mass is 32.2. The number of aliphatic hydroxyl groups is 1. The van der Waals surface area contributed by atoms with Crippen LogP contribution in [0.15, 0.2) is 47.4 Å². The van der Waals surface area contributed by atoms with Crippen LogP contribution in [0.3, 0.4) is 0 Å². The molecule has 0 heterocycles. The number of benzene rings is 2. The highest BCUT2D eigenvalue weighted by molar-refractivity contribution is 7.99. The Morgan fingerprint density at radius 3 is 2.05 bits per heavy atom. The van der Waals surface area contributed by atoms with Crippen molar-refractivity contribution >= 4 is 11.8 Å². The molecule has 1 unspecified atom stereocenters. The summed E-state index contributed by atoms with van der Waals surface area (Å²) >= 11 is 1.28. The van der Waals surface area contributed by atoms with Gasteiger partial charge in [0.15, 0.2) is 0 Å². The summed E-state index contributed by atoms with van der Waals surface area (Å²) in [5.41, 5.74) is 0.187. The van der Waals surface area contributed by atoms with Gasteiger partial charge in [-0.1, -0.05) is 0 Å². The fraction of sp³-hybridized carbons (Fsp3) is 0.143. The van der Waals surface area contributed by atoms with Gasteiger partial charge < -0.3 is 5.11 Å². The first-order chi connectivity index (χ1) is 9.04. The monoisotopic (exact) mass is 284 g/mol. The van der Waals surface area contributed by atoms with Gasteiger partial charge in [0.05, 0.1) is 6.10 Å². The largest absolute Gasteiger partial charge is 0.388 e. The maximum absolute atomic E-state index is 13.0. The first-order valence-electron chi connectivity index (χ1n) is 5.57. The van der Waals surface area contributed by atoms with E-state index in [0.717, 1.165) is 23.1 Å². The van der Waals surface area contributed by atoms with Crippen molar-refractivity contribution in [1.29, 1.82) is 0 Å². The first kappa shape index (κ1) is 14.0. The standard InChI is InChI=1S/C14H11F3OS/c15-10-1-3-13(4-2-10)19-8-14(18)9-5-11(16)7-12(17)6-9/h1-7,14,18H,8H2. The van der Waals surface area contributed by atoms with Gasteiger partial charge in [-0.15, -0.1) is 11.8 Å². The molecule has 19 heavy (non-hydrogen) atoms. The zero-order valence-corrected chi connectivity index (χ0v) is 10.6. The molecular weight excluding hydrogens is 273 g/mol. The molecule has 0 saturated heterocycles. The first-order valence-corrected chi connectivity index (χ1v) is 6.55. The fourth-order valence-corrected chi connectivity index (χ4v) is 2.44. The lowest BCUT2D eigenvalue weighted by Gasteiger charge is -2.11. The highest BCUT2D eigenvalue weighted by Gasteiger charge is 2.11. The Balaban J connectivity index is 2.00. The van der Waals surface area contributed by atoms with Crippen molar-refractivity contribution in [2.24, 2.45) is 0 Å². The van der Waals surface area contributed by atoms with Crippen molar-refractivity contribution in [3.8, 4) is 0 Å². The molecule has 2 aromatic carbocycles. The molecule has 1 N–H and O–H groups in total. The quantitative estimate of drug-likeness (QED) is 0.858. The minimum atomic E-state index is -0.986. The lowest BCUT2D eigenvalue weighted by Crippen LogP contribution is -2.02. The fourth-order valence-electron chi connectivity index (χ4n) is 1.57. The van der Waals surface area contributed by atoms with Crippen LogP contribution in [0.4, 0.5) is 13.2 Å². The second-order valence-electron chi connectivity index (χ2n) is 3.98. The van der Waals surface area contributed by atoms with Crippen LogP contribution in [0.5, 0.6) is 0 Å². The van der Waals surface area contributed by atoms with Gasteiger partial charge in [0.1, 0.15) is 17.5 Å². The summed E-state index contributed by atoms with van der Waals surface area (Å²) in [7, 11) is 0. The number of halogens is 3. The van der Waals surface area contributed by atoms with Crippen LogP contribution < -0.4 is 0 Å². The predicted molar refractivity (Wildman–Crippen MR) is 68.4 cm³/mol. The van der Waals surface area contributed by atoms with Gasteiger partial charge in [-0.2, -0.15) is 0 Å². The van der Waals surface area contributed by atoms with Crippen molar-refractivity contribution in [3.63, 3.8) is 0 Å². The van der Waals surface area contributed by atoms with Crippen molar-refractivity contribution in [1.82, 2.24) is 0 Å². The summed E-state index contributed by atoms with van der Waals surface area (Å²) in [6.45, 7) is 0. The minimum Gasteiger partial charge on any atom is -0.388 e. The molecule has 0 saturated carbocycles. The summed E-state index contributed by atoms with van der Waals surface area (Å²) in [5, 5.41) is 9.86. The highest BCUT2D eigenvalue weighted by Crippen LogP contribution is 2.25. The van der Waals surface area contributed by atoms with Crippen LogP contribution in [-0.4, -0.2) is 10.9 Å². The number of aliphatic hydroxyl groups excluding tert-OH is 1. The Labute approximate surface area is 113 Å². The molecule has 1 nitrogen and oxygen atoms in total. The lowest BCUT2D eigenvalue weighted by molar-refractivity contribution is 0.203. The Hall–Kier alpha value is -1.46. The van der Waals surface area contributed by atoms with Gasteiger partial charge in [0.25, 0.3) is 0 Å². The van der Waals surface area contributed by atoms with Crippen LogP contribution in [0.2, 0.25) is 0 Å². The molecule has 0 aliphatic heterocycles. The molecule has 0 radical (unpaired) electrons. The summed E-state index contributed by atoms with van der Waals surface area (Å²) in [6.07, 6.45) is -0.986. The Bertz CT molecular complexity index is 537. The van der Waals surface area contributed by atoms with Crippen molar-refractivity contribution in [2.75, 3.05) is 5.75 Å². The topological polar surface area (TPSA) is 20.2 Å². The van der Waals surface area contributed by atoms with Gasteiger partial charge >= 0.3 is 0 Å². The van der Waals surface area contributed by atoms with Gasteiger partial charge in [0, 0.05) is 16.7 Å². The lowest BCUT2D eigenvalue weighted by atomic mass is 10.1. The van der Waals surface area contributed by atoms with Crippen molar-refractivity contribution in [3.05, 3.63) is 65.5 Å². The van der Waals surface area contributed by atoms with E-state index in [1.54, 1.807) is 12.1 Å². The Morgan fingerprint density at radius 2 is 1.47 bits per heavy atom. The van der Waals surface area contributed by atoms with Gasteiger partial charge in [-0.05, 0) is 42.0 Å². The number of rotatable bonds is 4. The van der Waals surface area contributed by atoms with E-state index in [1.165, 1.54) is 23.9 Å². The van der Waals surface area contributed by atoms with E-state index in [4.69, 9.17) is 0 Å². The normalized spacial score (nSPS) is 12.4. The van der Waals surface area contributed by atoms with Crippen LogP contribution in [0, 0.1) is 17.5 Å². The van der Waals surface area contributed by atoms with E-state index in [2.05, 4.69) is 0 Å². The molecule has 0 aliphatic carbocycles. The molecule has 0 spiro atoms. The SMILES string of the molecule is OC(CSc1ccc(F)cc1)c1cc(F)cc(F)c1. The molecule has 5 heteroatoms. The zero-order chi connectivity index (χ0) is 13.8. The summed E-state index contributed by atoms with van der Waals surface area (Å²) in [5.74, 6) is -1.55. The van der Waals surface area contributed by atoms with Gasteiger partial charge in [0.2, 0.25) is 0 Å². The molecule has 0 amide bonds. The van der Waals surface area contributed by atoms with Crippen LogP contribution in [0.1, 0.15) is 11.7 Å². The molecule has 1 atom stereocenters. The van der Waals surface area contributed by atoms with E-state index in [9.17, 15) is 18.3 Å². The Morgan fingerprint density at radius 1 is 0.895 bits per heavy atom. The molecular formula is C14H11F3OS. The average molecular weight is 284 g/mol. The molecule has 100 valence electrons. The van der Waals surface area contributed by atoms with E-state index >= 15 is 0 Å². The molecule has 2 rings (SSSR count). The number of hydrogen-bond acceptors (Lipinski definition) is 2. The maximum Gasteiger partial charge on any atom is 0.126 e. The zero-order valence-electron chi connectivity index (χ0n) is 9.82. The van der Waals surface area contributed by atoms with Crippen LogP contribution in [-0.2, 0) is 0 Å². The third kappa shape index (κ3) is 4.01.